The lowest BCUT2D eigenvalue weighted by Gasteiger charge is -2.26. The van der Waals surface area contributed by atoms with Gasteiger partial charge in [-0.1, -0.05) is 0 Å². The average Bonchev–Trinajstić information content (AvgIpc) is 2.52. The third-order valence-electron chi connectivity index (χ3n) is 3.31. The Morgan fingerprint density at radius 1 is 1.48 bits per heavy atom. The zero-order valence-corrected chi connectivity index (χ0v) is 11.8. The molecule has 1 aliphatic heterocycles. The van der Waals surface area contributed by atoms with Crippen molar-refractivity contribution in [2.45, 2.75) is 6.42 Å². The number of rotatable bonds is 6. The monoisotopic (exact) mass is 297 g/mol. The fourth-order valence-electron chi connectivity index (χ4n) is 2.14. The number of carbonyl (C=O) groups is 1. The number of hydrazine groups is 1. The fraction of sp³-hybridized carbons (Fsp3) is 0.538. The molecule has 2 rings (SSSR count). The van der Waals surface area contributed by atoms with E-state index in [0.29, 0.717) is 6.54 Å². The van der Waals surface area contributed by atoms with Crippen LogP contribution in [-0.4, -0.2) is 55.2 Å². The molecule has 116 valence electrons. The summed E-state index contributed by atoms with van der Waals surface area (Å²) in [5, 5.41) is 2.70. The van der Waals surface area contributed by atoms with Crippen LogP contribution in [0.15, 0.2) is 12.3 Å². The predicted molar refractivity (Wildman–Crippen MR) is 76.2 cm³/mol. The lowest BCUT2D eigenvalue weighted by Crippen LogP contribution is -2.38. The Morgan fingerprint density at radius 3 is 2.95 bits per heavy atom. The Kier molecular flexibility index (Phi) is 5.85. The number of hydrogen-bond donors (Lipinski definition) is 3. The molecule has 0 saturated carbocycles. The van der Waals surface area contributed by atoms with Gasteiger partial charge < -0.3 is 15.5 Å². The Morgan fingerprint density at radius 2 is 2.24 bits per heavy atom. The van der Waals surface area contributed by atoms with Gasteiger partial charge in [0.2, 0.25) is 0 Å². The Balaban J connectivity index is 1.76. The van der Waals surface area contributed by atoms with Gasteiger partial charge in [-0.05, 0) is 19.0 Å². The summed E-state index contributed by atoms with van der Waals surface area (Å²) in [6.07, 6.45) is 2.14. The van der Waals surface area contributed by atoms with Crippen molar-refractivity contribution in [3.8, 4) is 0 Å². The first-order chi connectivity index (χ1) is 10.2. The number of nitrogens with one attached hydrogen (secondary N) is 2. The van der Waals surface area contributed by atoms with Crippen LogP contribution in [0.1, 0.15) is 16.8 Å². The Labute approximate surface area is 122 Å². The molecule has 1 aliphatic rings. The standard InChI is InChI=1S/C13H20FN5O2/c14-11-10(2-4-16-12(11)18-15)13(20)17-3-1-5-19-6-8-21-9-7-19/h2,4H,1,3,5-9,15H2,(H,16,18)(H,17,20). The fourth-order valence-corrected chi connectivity index (χ4v) is 2.14. The first-order valence-electron chi connectivity index (χ1n) is 6.92. The zero-order valence-electron chi connectivity index (χ0n) is 11.8. The van der Waals surface area contributed by atoms with Crippen molar-refractivity contribution in [1.29, 1.82) is 0 Å². The number of amides is 1. The highest BCUT2D eigenvalue weighted by atomic mass is 19.1. The third-order valence-corrected chi connectivity index (χ3v) is 3.31. The van der Waals surface area contributed by atoms with Crippen LogP contribution in [0.2, 0.25) is 0 Å². The minimum Gasteiger partial charge on any atom is -0.379 e. The molecule has 0 bridgehead atoms. The van der Waals surface area contributed by atoms with Gasteiger partial charge in [-0.15, -0.1) is 0 Å². The molecule has 0 radical (unpaired) electrons. The minimum atomic E-state index is -0.745. The molecule has 1 amide bonds. The molecule has 7 nitrogen and oxygen atoms in total. The maximum atomic E-state index is 13.8. The molecule has 0 aliphatic carbocycles. The second kappa shape index (κ2) is 7.87. The van der Waals surface area contributed by atoms with Crippen LogP contribution in [0.5, 0.6) is 0 Å². The predicted octanol–water partition coefficient (Wildman–Crippen LogP) is -0.0416. The van der Waals surface area contributed by atoms with Crippen LogP contribution in [0.25, 0.3) is 0 Å². The number of aromatic nitrogens is 1. The summed E-state index contributed by atoms with van der Waals surface area (Å²) in [6, 6.07) is 1.33. The van der Waals surface area contributed by atoms with Crippen molar-refractivity contribution in [3.05, 3.63) is 23.6 Å². The third kappa shape index (κ3) is 4.35. The highest BCUT2D eigenvalue weighted by Crippen LogP contribution is 2.13. The number of morpholine rings is 1. The summed E-state index contributed by atoms with van der Waals surface area (Å²) >= 11 is 0. The maximum absolute atomic E-state index is 13.8. The number of anilines is 1. The van der Waals surface area contributed by atoms with Gasteiger partial charge in [0, 0.05) is 25.8 Å². The van der Waals surface area contributed by atoms with E-state index in [0.717, 1.165) is 39.3 Å². The first-order valence-corrected chi connectivity index (χ1v) is 6.92. The van der Waals surface area contributed by atoms with E-state index in [9.17, 15) is 9.18 Å². The van der Waals surface area contributed by atoms with Gasteiger partial charge in [0.1, 0.15) is 0 Å². The number of carbonyl (C=O) groups excluding carboxylic acids is 1. The Hall–Kier alpha value is -1.77. The molecule has 8 heteroatoms. The molecule has 0 spiro atoms. The number of pyridine rings is 1. The lowest BCUT2D eigenvalue weighted by atomic mass is 10.2. The average molecular weight is 297 g/mol. The van der Waals surface area contributed by atoms with Crippen molar-refractivity contribution in [1.82, 2.24) is 15.2 Å². The van der Waals surface area contributed by atoms with Crippen LogP contribution in [0.4, 0.5) is 10.2 Å². The van der Waals surface area contributed by atoms with Crippen LogP contribution in [0, 0.1) is 5.82 Å². The molecule has 4 N–H and O–H groups in total. The highest BCUT2D eigenvalue weighted by molar-refractivity contribution is 5.95. The van der Waals surface area contributed by atoms with Crippen LogP contribution >= 0.6 is 0 Å². The van der Waals surface area contributed by atoms with Gasteiger partial charge in [-0.2, -0.15) is 0 Å². The molecule has 0 atom stereocenters. The molecule has 2 heterocycles. The van der Waals surface area contributed by atoms with E-state index in [2.05, 4.69) is 20.6 Å². The van der Waals surface area contributed by atoms with Crippen LogP contribution in [0.3, 0.4) is 0 Å². The van der Waals surface area contributed by atoms with Gasteiger partial charge in [0.05, 0.1) is 18.8 Å². The summed E-state index contributed by atoms with van der Waals surface area (Å²) in [5.74, 6) is 3.77. The van der Waals surface area contributed by atoms with Crippen molar-refractivity contribution in [3.63, 3.8) is 0 Å². The quantitative estimate of drug-likeness (QED) is 0.387. The maximum Gasteiger partial charge on any atom is 0.254 e. The summed E-state index contributed by atoms with van der Waals surface area (Å²) in [6.45, 7) is 4.71. The second-order valence-electron chi connectivity index (χ2n) is 4.73. The van der Waals surface area contributed by atoms with E-state index in [1.165, 1.54) is 12.3 Å². The van der Waals surface area contributed by atoms with Gasteiger partial charge in [0.25, 0.3) is 5.91 Å². The lowest BCUT2D eigenvalue weighted by molar-refractivity contribution is 0.0374. The largest absolute Gasteiger partial charge is 0.379 e. The van der Waals surface area contributed by atoms with Crippen molar-refractivity contribution >= 4 is 11.7 Å². The molecular formula is C13H20FN5O2. The number of nitrogens with two attached hydrogens (primary N) is 1. The number of ether oxygens (including phenoxy) is 1. The van der Waals surface area contributed by atoms with E-state index in [1.807, 2.05) is 0 Å². The number of nitrogen functional groups attached to an aromatic ring is 1. The number of hydrogen-bond acceptors (Lipinski definition) is 6. The summed E-state index contributed by atoms with van der Waals surface area (Å²) in [5.41, 5.74) is 2.05. The first kappa shape index (κ1) is 15.6. The van der Waals surface area contributed by atoms with Gasteiger partial charge in [-0.25, -0.2) is 15.2 Å². The molecule has 1 aromatic rings. The molecule has 0 unspecified atom stereocenters. The van der Waals surface area contributed by atoms with E-state index >= 15 is 0 Å². The van der Waals surface area contributed by atoms with E-state index in [-0.39, 0.29) is 11.4 Å². The normalized spacial score (nSPS) is 15.7. The molecule has 1 fully saturated rings. The second-order valence-corrected chi connectivity index (χ2v) is 4.73. The van der Waals surface area contributed by atoms with Crippen molar-refractivity contribution in [2.24, 2.45) is 5.84 Å². The summed E-state index contributed by atoms with van der Waals surface area (Å²) in [7, 11) is 0. The molecule has 21 heavy (non-hydrogen) atoms. The van der Waals surface area contributed by atoms with E-state index in [1.54, 1.807) is 0 Å². The number of halogens is 1. The number of nitrogens with zero attached hydrogens (tertiary/aromatic N) is 2. The van der Waals surface area contributed by atoms with Gasteiger partial charge in [-0.3, -0.25) is 9.69 Å². The molecular weight excluding hydrogens is 277 g/mol. The van der Waals surface area contributed by atoms with Gasteiger partial charge >= 0.3 is 0 Å². The minimum absolute atomic E-state index is 0.0654. The topological polar surface area (TPSA) is 92.5 Å². The summed E-state index contributed by atoms with van der Waals surface area (Å²) < 4.78 is 19.1. The van der Waals surface area contributed by atoms with Crippen molar-refractivity contribution < 1.29 is 13.9 Å². The molecule has 1 saturated heterocycles. The van der Waals surface area contributed by atoms with Crippen LogP contribution in [-0.2, 0) is 4.74 Å². The molecule has 1 aromatic heterocycles. The van der Waals surface area contributed by atoms with E-state index in [4.69, 9.17) is 10.6 Å². The SMILES string of the molecule is NNc1nccc(C(=O)NCCCN2CCOCC2)c1F. The van der Waals surface area contributed by atoms with Crippen molar-refractivity contribution in [2.75, 3.05) is 44.8 Å². The van der Waals surface area contributed by atoms with E-state index < -0.39 is 11.7 Å². The highest BCUT2D eigenvalue weighted by Gasteiger charge is 2.15. The van der Waals surface area contributed by atoms with Crippen LogP contribution < -0.4 is 16.6 Å². The van der Waals surface area contributed by atoms with Gasteiger partial charge in [0.15, 0.2) is 11.6 Å². The zero-order chi connectivity index (χ0) is 15.1. The summed E-state index contributed by atoms with van der Waals surface area (Å²) in [4.78, 5) is 17.9. The Bertz CT molecular complexity index is 480. The molecule has 0 aromatic carbocycles. The smallest absolute Gasteiger partial charge is 0.254 e.